The number of aromatic nitrogens is 2. The molecule has 0 saturated heterocycles. The molecule has 3 aromatic carbocycles. The van der Waals surface area contributed by atoms with Crippen LogP contribution in [0, 0.1) is 4.77 Å². The van der Waals surface area contributed by atoms with Gasteiger partial charge in [0.25, 0.3) is 11.5 Å². The Bertz CT molecular complexity index is 1510. The van der Waals surface area contributed by atoms with Crippen molar-refractivity contribution in [2.45, 2.75) is 13.1 Å². The molecule has 0 saturated carbocycles. The van der Waals surface area contributed by atoms with Crippen molar-refractivity contribution in [2.75, 3.05) is 6.79 Å². The number of rotatable bonds is 5. The summed E-state index contributed by atoms with van der Waals surface area (Å²) in [6.07, 6.45) is 0. The van der Waals surface area contributed by atoms with Crippen LogP contribution in [0.2, 0.25) is 5.02 Å². The van der Waals surface area contributed by atoms with Crippen LogP contribution in [0.3, 0.4) is 0 Å². The van der Waals surface area contributed by atoms with Gasteiger partial charge in [-0.3, -0.25) is 14.2 Å². The monoisotopic (exact) mass is 479 g/mol. The van der Waals surface area contributed by atoms with Gasteiger partial charge >= 0.3 is 0 Å². The van der Waals surface area contributed by atoms with E-state index in [-0.39, 0.29) is 29.6 Å². The Hall–Kier alpha value is -3.62. The van der Waals surface area contributed by atoms with Crippen LogP contribution in [0.1, 0.15) is 21.5 Å². The predicted molar refractivity (Wildman–Crippen MR) is 128 cm³/mol. The van der Waals surface area contributed by atoms with E-state index in [0.717, 1.165) is 11.1 Å². The number of halogens is 1. The summed E-state index contributed by atoms with van der Waals surface area (Å²) in [7, 11) is 0. The lowest BCUT2D eigenvalue weighted by molar-refractivity contribution is 0.0951. The molecule has 9 heteroatoms. The maximum Gasteiger partial charge on any atom is 0.262 e. The number of benzene rings is 3. The molecule has 1 amide bonds. The Morgan fingerprint density at radius 2 is 1.91 bits per heavy atom. The quantitative estimate of drug-likeness (QED) is 0.414. The molecule has 166 valence electrons. The summed E-state index contributed by atoms with van der Waals surface area (Å²) in [6.45, 7) is 0.758. The largest absolute Gasteiger partial charge is 0.454 e. The van der Waals surface area contributed by atoms with E-state index in [9.17, 15) is 9.59 Å². The number of fused-ring (bicyclic) bond motifs is 2. The molecule has 0 fully saturated rings. The molecular weight excluding hydrogens is 462 g/mol. The van der Waals surface area contributed by atoms with Crippen LogP contribution < -0.4 is 20.3 Å². The van der Waals surface area contributed by atoms with Crippen molar-refractivity contribution in [3.8, 4) is 11.5 Å². The van der Waals surface area contributed by atoms with Crippen LogP contribution >= 0.6 is 23.8 Å². The summed E-state index contributed by atoms with van der Waals surface area (Å²) >= 11 is 11.6. The zero-order chi connectivity index (χ0) is 22.9. The highest BCUT2D eigenvalue weighted by atomic mass is 35.5. The summed E-state index contributed by atoms with van der Waals surface area (Å²) < 4.78 is 12.5. The Labute approximate surface area is 198 Å². The second-order valence-electron chi connectivity index (χ2n) is 7.54. The molecule has 5 rings (SSSR count). The summed E-state index contributed by atoms with van der Waals surface area (Å²) in [4.78, 5) is 28.8. The van der Waals surface area contributed by atoms with Crippen molar-refractivity contribution in [3.63, 3.8) is 0 Å². The average molecular weight is 480 g/mol. The molecule has 0 radical (unpaired) electrons. The summed E-state index contributed by atoms with van der Waals surface area (Å²) in [5, 5.41) is 3.87. The van der Waals surface area contributed by atoms with Crippen LogP contribution in [0.4, 0.5) is 0 Å². The lowest BCUT2D eigenvalue weighted by atomic mass is 10.1. The van der Waals surface area contributed by atoms with Gasteiger partial charge in [0.15, 0.2) is 16.3 Å². The first kappa shape index (κ1) is 21.2. The van der Waals surface area contributed by atoms with Gasteiger partial charge in [0.05, 0.1) is 17.4 Å². The van der Waals surface area contributed by atoms with E-state index in [1.165, 1.54) is 4.57 Å². The van der Waals surface area contributed by atoms with Crippen molar-refractivity contribution in [1.29, 1.82) is 0 Å². The van der Waals surface area contributed by atoms with Crippen molar-refractivity contribution < 1.29 is 14.3 Å². The highest BCUT2D eigenvalue weighted by molar-refractivity contribution is 7.71. The number of H-pyrrole nitrogens is 1. The molecule has 33 heavy (non-hydrogen) atoms. The van der Waals surface area contributed by atoms with E-state index in [2.05, 4.69) is 10.3 Å². The minimum absolute atomic E-state index is 0.184. The molecular formula is C24H18ClN3O4S. The van der Waals surface area contributed by atoms with Gasteiger partial charge in [0.1, 0.15) is 0 Å². The minimum Gasteiger partial charge on any atom is -0.454 e. The number of aromatic amines is 1. The molecule has 0 bridgehead atoms. The minimum atomic E-state index is -0.277. The van der Waals surface area contributed by atoms with E-state index in [1.54, 1.807) is 24.3 Å². The molecule has 2 N–H and O–H groups in total. The van der Waals surface area contributed by atoms with Crippen LogP contribution in [0.15, 0.2) is 65.5 Å². The Balaban J connectivity index is 1.40. The maximum atomic E-state index is 13.1. The fourth-order valence-corrected chi connectivity index (χ4v) is 4.14. The molecule has 7 nitrogen and oxygen atoms in total. The van der Waals surface area contributed by atoms with Crippen molar-refractivity contribution in [2.24, 2.45) is 0 Å². The first-order chi connectivity index (χ1) is 16.0. The number of ether oxygens (including phenoxy) is 2. The van der Waals surface area contributed by atoms with Gasteiger partial charge in [-0.15, -0.1) is 0 Å². The third-order valence-electron chi connectivity index (χ3n) is 5.42. The van der Waals surface area contributed by atoms with Crippen molar-refractivity contribution in [3.05, 3.63) is 97.5 Å². The Kier molecular flexibility index (Phi) is 5.62. The number of carbonyl (C=O) groups excluding carboxylic acids is 1. The van der Waals surface area contributed by atoms with E-state index in [0.29, 0.717) is 39.5 Å². The molecule has 0 unspecified atom stereocenters. The van der Waals surface area contributed by atoms with Gasteiger partial charge in [-0.25, -0.2) is 0 Å². The highest BCUT2D eigenvalue weighted by Crippen LogP contribution is 2.32. The maximum absolute atomic E-state index is 13.1. The Morgan fingerprint density at radius 3 is 2.76 bits per heavy atom. The molecule has 0 atom stereocenters. The van der Waals surface area contributed by atoms with Gasteiger partial charge in [0.2, 0.25) is 6.79 Å². The zero-order valence-electron chi connectivity index (χ0n) is 17.3. The van der Waals surface area contributed by atoms with Crippen LogP contribution in [-0.2, 0) is 13.1 Å². The molecule has 0 aliphatic carbocycles. The zero-order valence-corrected chi connectivity index (χ0v) is 18.8. The number of nitrogens with one attached hydrogen (secondary N) is 2. The van der Waals surface area contributed by atoms with E-state index < -0.39 is 0 Å². The second-order valence-corrected chi connectivity index (χ2v) is 8.34. The molecule has 0 spiro atoms. The number of hydrogen-bond donors (Lipinski definition) is 2. The van der Waals surface area contributed by atoms with Gasteiger partial charge in [0, 0.05) is 17.1 Å². The van der Waals surface area contributed by atoms with Crippen LogP contribution in [0.5, 0.6) is 11.5 Å². The summed E-state index contributed by atoms with van der Waals surface area (Å²) in [5.41, 5.74) is 2.34. The summed E-state index contributed by atoms with van der Waals surface area (Å²) in [6, 6.07) is 17.7. The lowest BCUT2D eigenvalue weighted by Gasteiger charge is -2.10. The van der Waals surface area contributed by atoms with Crippen molar-refractivity contribution >= 4 is 40.6 Å². The predicted octanol–water partition coefficient (Wildman–Crippen LogP) is 4.42. The third kappa shape index (κ3) is 4.22. The van der Waals surface area contributed by atoms with Crippen LogP contribution in [0.25, 0.3) is 10.9 Å². The second kappa shape index (κ2) is 8.73. The van der Waals surface area contributed by atoms with E-state index in [4.69, 9.17) is 33.3 Å². The number of carbonyl (C=O) groups is 1. The van der Waals surface area contributed by atoms with Gasteiger partial charge in [-0.05, 0) is 59.7 Å². The fraction of sp³-hybridized carbons (Fsp3) is 0.125. The number of amides is 1. The lowest BCUT2D eigenvalue weighted by Crippen LogP contribution is -2.24. The third-order valence-corrected chi connectivity index (χ3v) is 6.11. The molecule has 1 aromatic heterocycles. The first-order valence-electron chi connectivity index (χ1n) is 10.2. The fourth-order valence-electron chi connectivity index (χ4n) is 3.68. The topological polar surface area (TPSA) is 85.3 Å². The van der Waals surface area contributed by atoms with Gasteiger partial charge in [-0.1, -0.05) is 35.9 Å². The van der Waals surface area contributed by atoms with Gasteiger partial charge < -0.3 is 19.8 Å². The number of nitrogens with zero attached hydrogens (tertiary/aromatic N) is 1. The highest BCUT2D eigenvalue weighted by Gasteiger charge is 2.15. The Morgan fingerprint density at radius 1 is 1.09 bits per heavy atom. The van der Waals surface area contributed by atoms with Crippen LogP contribution in [-0.4, -0.2) is 22.3 Å². The standard InChI is InChI=1S/C24H18ClN3O4S/c25-18-4-2-1-3-16(18)11-26-22(29)15-6-7-17-19(10-15)27-24(33)28(23(17)30)12-14-5-8-20-21(9-14)32-13-31-20/h1-10H,11-13H2,(H,26,29)(H,27,33). The van der Waals surface area contributed by atoms with E-state index in [1.807, 2.05) is 36.4 Å². The smallest absolute Gasteiger partial charge is 0.262 e. The molecule has 1 aliphatic rings. The van der Waals surface area contributed by atoms with Gasteiger partial charge in [-0.2, -0.15) is 0 Å². The molecule has 2 heterocycles. The normalized spacial score (nSPS) is 12.2. The van der Waals surface area contributed by atoms with E-state index >= 15 is 0 Å². The number of hydrogen-bond acceptors (Lipinski definition) is 5. The molecule has 1 aliphatic heterocycles. The first-order valence-corrected chi connectivity index (χ1v) is 11.0. The van der Waals surface area contributed by atoms with Crippen molar-refractivity contribution in [1.82, 2.24) is 14.9 Å². The average Bonchev–Trinajstić information content (AvgIpc) is 3.28. The summed E-state index contributed by atoms with van der Waals surface area (Å²) in [5.74, 6) is 1.04. The molecule has 4 aromatic rings. The SMILES string of the molecule is O=C(NCc1ccccc1Cl)c1ccc2c(=O)n(Cc3ccc4c(c3)OCO4)c(=S)[nH]c2c1.